The van der Waals surface area contributed by atoms with E-state index in [0.29, 0.717) is 17.1 Å². The minimum atomic E-state index is -0.296. The SMILES string of the molecule is NC(=NO)c1ccc(N2CCC(O)C2)c(Cl)c1. The van der Waals surface area contributed by atoms with Gasteiger partial charge in [0.1, 0.15) is 0 Å². The Bertz CT molecular complexity index is 450. The van der Waals surface area contributed by atoms with Crippen LogP contribution in [-0.2, 0) is 0 Å². The average Bonchev–Trinajstić information content (AvgIpc) is 2.74. The first kappa shape index (κ1) is 12.0. The molecule has 6 heteroatoms. The quantitative estimate of drug-likeness (QED) is 0.319. The van der Waals surface area contributed by atoms with Crippen LogP contribution in [0.2, 0.25) is 5.02 Å². The highest BCUT2D eigenvalue weighted by Gasteiger charge is 2.22. The Labute approximate surface area is 104 Å². The molecule has 1 aromatic rings. The van der Waals surface area contributed by atoms with Crippen LogP contribution in [0.15, 0.2) is 23.4 Å². The van der Waals surface area contributed by atoms with E-state index >= 15 is 0 Å². The minimum Gasteiger partial charge on any atom is -0.409 e. The monoisotopic (exact) mass is 255 g/mol. The molecule has 0 aliphatic carbocycles. The molecule has 1 aliphatic rings. The summed E-state index contributed by atoms with van der Waals surface area (Å²) >= 11 is 6.14. The van der Waals surface area contributed by atoms with Gasteiger partial charge in [0, 0.05) is 18.7 Å². The Hall–Kier alpha value is -1.46. The lowest BCUT2D eigenvalue weighted by Gasteiger charge is -2.19. The third-order valence-electron chi connectivity index (χ3n) is 2.86. The summed E-state index contributed by atoms with van der Waals surface area (Å²) < 4.78 is 0. The van der Waals surface area contributed by atoms with Crippen molar-refractivity contribution in [1.82, 2.24) is 0 Å². The zero-order valence-corrected chi connectivity index (χ0v) is 9.93. The van der Waals surface area contributed by atoms with Crippen LogP contribution in [0.25, 0.3) is 0 Å². The zero-order valence-electron chi connectivity index (χ0n) is 9.17. The second kappa shape index (κ2) is 4.81. The molecule has 0 radical (unpaired) electrons. The number of β-amino-alcohol motifs (C(OH)–C–C–N with tert-alkyl or cyclic N) is 1. The van der Waals surface area contributed by atoms with Gasteiger partial charge in [0.15, 0.2) is 5.84 Å². The van der Waals surface area contributed by atoms with Gasteiger partial charge in [0.2, 0.25) is 0 Å². The Morgan fingerprint density at radius 1 is 1.53 bits per heavy atom. The first-order chi connectivity index (χ1) is 8.11. The molecule has 0 bridgehead atoms. The topological polar surface area (TPSA) is 82.1 Å². The van der Waals surface area contributed by atoms with Crippen molar-refractivity contribution < 1.29 is 10.3 Å². The highest BCUT2D eigenvalue weighted by atomic mass is 35.5. The molecule has 1 aromatic carbocycles. The molecule has 1 aliphatic heterocycles. The van der Waals surface area contributed by atoms with E-state index in [1.165, 1.54) is 0 Å². The number of hydrogen-bond donors (Lipinski definition) is 3. The average molecular weight is 256 g/mol. The third kappa shape index (κ3) is 2.45. The number of halogens is 1. The summed E-state index contributed by atoms with van der Waals surface area (Å²) in [5, 5.41) is 21.5. The van der Waals surface area contributed by atoms with Crippen LogP contribution >= 0.6 is 11.6 Å². The number of aliphatic hydroxyl groups is 1. The van der Waals surface area contributed by atoms with Crippen molar-refractivity contribution in [2.45, 2.75) is 12.5 Å². The number of aliphatic hydroxyl groups excluding tert-OH is 1. The number of oxime groups is 1. The van der Waals surface area contributed by atoms with Crippen LogP contribution in [0, 0.1) is 0 Å². The van der Waals surface area contributed by atoms with E-state index in [1.807, 2.05) is 11.0 Å². The number of amidine groups is 1. The second-order valence-electron chi connectivity index (χ2n) is 4.04. The van der Waals surface area contributed by atoms with Crippen molar-refractivity contribution in [3.05, 3.63) is 28.8 Å². The molecule has 1 saturated heterocycles. The molecule has 0 saturated carbocycles. The molecule has 92 valence electrons. The number of benzene rings is 1. The number of anilines is 1. The maximum absolute atomic E-state index is 9.48. The third-order valence-corrected chi connectivity index (χ3v) is 3.16. The van der Waals surface area contributed by atoms with Gasteiger partial charge in [-0.15, -0.1) is 0 Å². The molecular weight excluding hydrogens is 242 g/mol. The molecular formula is C11H14ClN3O2. The summed E-state index contributed by atoms with van der Waals surface area (Å²) in [7, 11) is 0. The van der Waals surface area contributed by atoms with Gasteiger partial charge in [-0.1, -0.05) is 16.8 Å². The molecule has 0 aromatic heterocycles. The van der Waals surface area contributed by atoms with Crippen molar-refractivity contribution >= 4 is 23.1 Å². The molecule has 1 unspecified atom stereocenters. The molecule has 1 heterocycles. The first-order valence-electron chi connectivity index (χ1n) is 5.32. The van der Waals surface area contributed by atoms with Crippen molar-refractivity contribution in [3.8, 4) is 0 Å². The molecule has 17 heavy (non-hydrogen) atoms. The Balaban J connectivity index is 2.26. The first-order valence-corrected chi connectivity index (χ1v) is 5.70. The van der Waals surface area contributed by atoms with Gasteiger partial charge >= 0.3 is 0 Å². The number of rotatable bonds is 2. The molecule has 4 N–H and O–H groups in total. The van der Waals surface area contributed by atoms with Crippen LogP contribution in [0.1, 0.15) is 12.0 Å². The largest absolute Gasteiger partial charge is 0.409 e. The van der Waals surface area contributed by atoms with Crippen molar-refractivity contribution in [3.63, 3.8) is 0 Å². The van der Waals surface area contributed by atoms with Crippen LogP contribution in [0.3, 0.4) is 0 Å². The molecule has 5 nitrogen and oxygen atoms in total. The van der Waals surface area contributed by atoms with E-state index < -0.39 is 0 Å². The Morgan fingerprint density at radius 2 is 2.29 bits per heavy atom. The normalized spacial score (nSPS) is 20.9. The summed E-state index contributed by atoms with van der Waals surface area (Å²) in [6.07, 6.45) is 0.452. The standard InChI is InChI=1S/C11H14ClN3O2/c12-9-5-7(11(13)14-17)1-2-10(9)15-4-3-8(16)6-15/h1-2,5,8,16-17H,3-4,6H2,(H2,13,14). The summed E-state index contributed by atoms with van der Waals surface area (Å²) in [5.41, 5.74) is 6.91. The summed E-state index contributed by atoms with van der Waals surface area (Å²) in [6.45, 7) is 1.37. The minimum absolute atomic E-state index is 0.0277. The second-order valence-corrected chi connectivity index (χ2v) is 4.45. The van der Waals surface area contributed by atoms with Crippen LogP contribution in [-0.4, -0.2) is 35.3 Å². The lowest BCUT2D eigenvalue weighted by atomic mass is 10.2. The highest BCUT2D eigenvalue weighted by molar-refractivity contribution is 6.33. The van der Waals surface area contributed by atoms with Crippen molar-refractivity contribution in [2.75, 3.05) is 18.0 Å². The van der Waals surface area contributed by atoms with Crippen LogP contribution in [0.5, 0.6) is 0 Å². The van der Waals surface area contributed by atoms with E-state index in [4.69, 9.17) is 22.5 Å². The maximum atomic E-state index is 9.48. The summed E-state index contributed by atoms with van der Waals surface area (Å²) in [6, 6.07) is 5.20. The lowest BCUT2D eigenvalue weighted by Crippen LogP contribution is -2.22. The predicted molar refractivity (Wildman–Crippen MR) is 66.8 cm³/mol. The zero-order chi connectivity index (χ0) is 12.4. The number of hydrogen-bond acceptors (Lipinski definition) is 4. The van der Waals surface area contributed by atoms with Crippen molar-refractivity contribution in [2.24, 2.45) is 10.9 Å². The van der Waals surface area contributed by atoms with E-state index in [1.54, 1.807) is 12.1 Å². The molecule has 0 spiro atoms. The smallest absolute Gasteiger partial charge is 0.170 e. The molecule has 2 rings (SSSR count). The lowest BCUT2D eigenvalue weighted by molar-refractivity contribution is 0.198. The number of nitrogens with zero attached hydrogens (tertiary/aromatic N) is 2. The van der Waals surface area contributed by atoms with Crippen LogP contribution in [0.4, 0.5) is 5.69 Å². The Kier molecular flexibility index (Phi) is 3.40. The van der Waals surface area contributed by atoms with Gasteiger partial charge in [-0.2, -0.15) is 0 Å². The van der Waals surface area contributed by atoms with Gasteiger partial charge < -0.3 is 20.9 Å². The van der Waals surface area contributed by atoms with Gasteiger partial charge in [-0.25, -0.2) is 0 Å². The highest BCUT2D eigenvalue weighted by Crippen LogP contribution is 2.29. The predicted octanol–water partition coefficient (Wildman–Crippen LogP) is 1.01. The Morgan fingerprint density at radius 3 is 2.82 bits per heavy atom. The van der Waals surface area contributed by atoms with Gasteiger partial charge in [0.25, 0.3) is 0 Å². The van der Waals surface area contributed by atoms with E-state index in [-0.39, 0.29) is 11.9 Å². The summed E-state index contributed by atoms with van der Waals surface area (Å²) in [4.78, 5) is 2.02. The van der Waals surface area contributed by atoms with E-state index in [0.717, 1.165) is 18.7 Å². The molecule has 0 amide bonds. The molecule has 1 fully saturated rings. The van der Waals surface area contributed by atoms with Gasteiger partial charge in [-0.3, -0.25) is 0 Å². The van der Waals surface area contributed by atoms with E-state index in [2.05, 4.69) is 5.16 Å². The van der Waals surface area contributed by atoms with Crippen LogP contribution < -0.4 is 10.6 Å². The fraction of sp³-hybridized carbons (Fsp3) is 0.364. The van der Waals surface area contributed by atoms with E-state index in [9.17, 15) is 5.11 Å². The summed E-state index contributed by atoms with van der Waals surface area (Å²) in [5.74, 6) is 0.0277. The maximum Gasteiger partial charge on any atom is 0.170 e. The molecule has 1 atom stereocenters. The fourth-order valence-corrected chi connectivity index (χ4v) is 2.24. The van der Waals surface area contributed by atoms with Crippen molar-refractivity contribution in [1.29, 1.82) is 0 Å². The van der Waals surface area contributed by atoms with Gasteiger partial charge in [-0.05, 0) is 24.6 Å². The van der Waals surface area contributed by atoms with Gasteiger partial charge in [0.05, 0.1) is 16.8 Å². The number of nitrogens with two attached hydrogens (primary N) is 1. The fourth-order valence-electron chi connectivity index (χ4n) is 1.94.